The van der Waals surface area contributed by atoms with Gasteiger partial charge in [0.1, 0.15) is 5.75 Å². The normalized spacial score (nSPS) is 14.2. The van der Waals surface area contributed by atoms with Gasteiger partial charge in [-0.2, -0.15) is 0 Å². The molecule has 0 unspecified atom stereocenters. The number of rotatable bonds is 7. The molecule has 0 atom stereocenters. The molecule has 186 valence electrons. The van der Waals surface area contributed by atoms with Crippen LogP contribution in [0.25, 0.3) is 6.08 Å². The molecule has 1 fully saturated rings. The molecule has 0 aliphatic carbocycles. The molecule has 0 saturated carbocycles. The largest absolute Gasteiger partial charge is 0.423 e. The monoisotopic (exact) mass is 519 g/mol. The predicted molar refractivity (Wildman–Crippen MR) is 134 cm³/mol. The molecule has 1 heterocycles. The molecular formula is C25H17N3O8S. The number of thioether (sulfide) groups is 1. The highest BCUT2D eigenvalue weighted by atomic mass is 32.2. The maximum atomic E-state index is 12.9. The number of nitro groups is 2. The SMILES string of the molecule is Cc1cccc(CN2C(=O)S/C(=C\c3cccc(OC(=O)c4cc([N+](=O)[O-])cc([N+](=O)[O-])c4)c3)C2=O)c1. The van der Waals surface area contributed by atoms with Crippen molar-refractivity contribution in [1.82, 2.24) is 4.90 Å². The highest BCUT2D eigenvalue weighted by Crippen LogP contribution is 2.34. The number of imide groups is 1. The average molecular weight is 519 g/mol. The number of amides is 2. The van der Waals surface area contributed by atoms with Crippen LogP contribution >= 0.6 is 11.8 Å². The lowest BCUT2D eigenvalue weighted by molar-refractivity contribution is -0.394. The van der Waals surface area contributed by atoms with E-state index in [1.165, 1.54) is 18.2 Å². The maximum Gasteiger partial charge on any atom is 0.344 e. The van der Waals surface area contributed by atoms with Gasteiger partial charge in [0.15, 0.2) is 0 Å². The van der Waals surface area contributed by atoms with E-state index in [-0.39, 0.29) is 22.8 Å². The summed E-state index contributed by atoms with van der Waals surface area (Å²) in [5.74, 6) is -1.46. The molecule has 4 rings (SSSR count). The van der Waals surface area contributed by atoms with Gasteiger partial charge in [0.25, 0.3) is 22.5 Å². The number of carbonyl (C=O) groups excluding carboxylic acids is 3. The summed E-state index contributed by atoms with van der Waals surface area (Å²) >= 11 is 0.788. The third-order valence-corrected chi connectivity index (χ3v) is 6.13. The van der Waals surface area contributed by atoms with Crippen LogP contribution in [0.15, 0.2) is 71.6 Å². The molecule has 0 bridgehead atoms. The van der Waals surface area contributed by atoms with Crippen LogP contribution in [0.1, 0.15) is 27.0 Å². The number of non-ortho nitro benzene ring substituents is 2. The van der Waals surface area contributed by atoms with Gasteiger partial charge in [0.05, 0.1) is 32.9 Å². The Hall–Kier alpha value is -4.84. The van der Waals surface area contributed by atoms with E-state index in [1.807, 2.05) is 31.2 Å². The number of carbonyl (C=O) groups is 3. The van der Waals surface area contributed by atoms with Crippen LogP contribution in [-0.2, 0) is 11.3 Å². The maximum absolute atomic E-state index is 12.9. The van der Waals surface area contributed by atoms with Gasteiger partial charge in [-0.1, -0.05) is 42.0 Å². The number of ether oxygens (including phenoxy) is 1. The summed E-state index contributed by atoms with van der Waals surface area (Å²) in [6.45, 7) is 2.05. The zero-order valence-electron chi connectivity index (χ0n) is 19.2. The van der Waals surface area contributed by atoms with Crippen LogP contribution < -0.4 is 4.74 Å². The summed E-state index contributed by atoms with van der Waals surface area (Å²) in [4.78, 5) is 59.7. The number of esters is 1. The minimum atomic E-state index is -1.04. The highest BCUT2D eigenvalue weighted by Gasteiger charge is 2.35. The van der Waals surface area contributed by atoms with Gasteiger partial charge >= 0.3 is 5.97 Å². The van der Waals surface area contributed by atoms with E-state index in [2.05, 4.69) is 0 Å². The lowest BCUT2D eigenvalue weighted by Gasteiger charge is -2.12. The molecule has 12 heteroatoms. The van der Waals surface area contributed by atoms with Crippen LogP contribution in [-0.4, -0.2) is 31.9 Å². The fourth-order valence-corrected chi connectivity index (χ4v) is 4.38. The number of aryl methyl sites for hydroxylation is 1. The zero-order chi connectivity index (χ0) is 26.7. The fraction of sp³-hybridized carbons (Fsp3) is 0.0800. The van der Waals surface area contributed by atoms with Crippen LogP contribution in [0.2, 0.25) is 0 Å². The molecule has 1 aliphatic heterocycles. The number of nitro benzene ring substituents is 2. The lowest BCUT2D eigenvalue weighted by atomic mass is 10.1. The number of hydrogen-bond acceptors (Lipinski definition) is 9. The van der Waals surface area contributed by atoms with Gasteiger partial charge < -0.3 is 4.74 Å². The van der Waals surface area contributed by atoms with Crippen molar-refractivity contribution >= 4 is 46.3 Å². The predicted octanol–water partition coefficient (Wildman–Crippen LogP) is 5.27. The summed E-state index contributed by atoms with van der Waals surface area (Å²) in [5.41, 5.74) is 0.650. The average Bonchev–Trinajstić information content (AvgIpc) is 3.11. The highest BCUT2D eigenvalue weighted by molar-refractivity contribution is 8.18. The van der Waals surface area contributed by atoms with Crippen molar-refractivity contribution in [3.63, 3.8) is 0 Å². The minimum absolute atomic E-state index is 0.0342. The summed E-state index contributed by atoms with van der Waals surface area (Å²) < 4.78 is 5.25. The molecule has 11 nitrogen and oxygen atoms in total. The quantitative estimate of drug-likeness (QED) is 0.134. The Kier molecular flexibility index (Phi) is 7.11. The van der Waals surface area contributed by atoms with Gasteiger partial charge in [0, 0.05) is 12.1 Å². The number of benzene rings is 3. The van der Waals surface area contributed by atoms with Crippen molar-refractivity contribution in [3.8, 4) is 5.75 Å². The van der Waals surface area contributed by atoms with Crippen LogP contribution in [0.4, 0.5) is 16.2 Å². The van der Waals surface area contributed by atoms with E-state index in [0.29, 0.717) is 5.56 Å². The standard InChI is InChI=1S/C25H17N3O8S/c1-15-4-2-6-17(8-15)14-26-23(29)22(37-25(26)31)10-16-5-3-7-21(9-16)36-24(30)18-11-19(27(32)33)13-20(12-18)28(34)35/h2-13H,14H2,1H3/b22-10-. The van der Waals surface area contributed by atoms with E-state index in [0.717, 1.165) is 46.0 Å². The van der Waals surface area contributed by atoms with Crippen molar-refractivity contribution in [2.75, 3.05) is 0 Å². The molecule has 1 aliphatic rings. The van der Waals surface area contributed by atoms with Crippen molar-refractivity contribution in [2.24, 2.45) is 0 Å². The molecule has 0 radical (unpaired) electrons. The topological polar surface area (TPSA) is 150 Å². The Morgan fingerprint density at radius 1 is 0.973 bits per heavy atom. The van der Waals surface area contributed by atoms with Crippen molar-refractivity contribution in [3.05, 3.63) is 114 Å². The summed E-state index contributed by atoms with van der Waals surface area (Å²) in [6, 6.07) is 16.0. The summed E-state index contributed by atoms with van der Waals surface area (Å²) in [6.07, 6.45) is 1.48. The first-order valence-electron chi connectivity index (χ1n) is 10.7. The van der Waals surface area contributed by atoms with Crippen LogP contribution in [0.5, 0.6) is 5.75 Å². The molecule has 2 amide bonds. The fourth-order valence-electron chi connectivity index (χ4n) is 3.54. The van der Waals surface area contributed by atoms with Crippen molar-refractivity contribution in [1.29, 1.82) is 0 Å². The molecule has 0 aromatic heterocycles. The first kappa shape index (κ1) is 25.3. The van der Waals surface area contributed by atoms with Crippen LogP contribution in [0.3, 0.4) is 0 Å². The smallest absolute Gasteiger partial charge is 0.344 e. The third-order valence-electron chi connectivity index (χ3n) is 5.22. The van der Waals surface area contributed by atoms with Crippen molar-refractivity contribution < 1.29 is 29.0 Å². The molecule has 3 aromatic carbocycles. The lowest BCUT2D eigenvalue weighted by Crippen LogP contribution is -2.27. The first-order chi connectivity index (χ1) is 17.6. The minimum Gasteiger partial charge on any atom is -0.423 e. The van der Waals surface area contributed by atoms with Gasteiger partial charge in [-0.15, -0.1) is 0 Å². The number of hydrogen-bond donors (Lipinski definition) is 0. The van der Waals surface area contributed by atoms with E-state index in [1.54, 1.807) is 12.1 Å². The van der Waals surface area contributed by atoms with Gasteiger partial charge in [-0.3, -0.25) is 34.7 Å². The molecule has 0 spiro atoms. The second kappa shape index (κ2) is 10.4. The zero-order valence-corrected chi connectivity index (χ0v) is 20.0. The Labute approximate surface area is 213 Å². The van der Waals surface area contributed by atoms with E-state index >= 15 is 0 Å². The Balaban J connectivity index is 1.52. The molecule has 0 N–H and O–H groups in total. The summed E-state index contributed by atoms with van der Waals surface area (Å²) in [7, 11) is 0. The second-order valence-electron chi connectivity index (χ2n) is 7.97. The number of nitrogens with zero attached hydrogens (tertiary/aromatic N) is 3. The molecule has 37 heavy (non-hydrogen) atoms. The van der Waals surface area contributed by atoms with Crippen LogP contribution in [0, 0.1) is 27.2 Å². The summed E-state index contributed by atoms with van der Waals surface area (Å²) in [5, 5.41) is 21.7. The first-order valence-corrected chi connectivity index (χ1v) is 11.5. The second-order valence-corrected chi connectivity index (χ2v) is 8.96. The third kappa shape index (κ3) is 5.87. The molecule has 1 saturated heterocycles. The van der Waals surface area contributed by atoms with E-state index in [4.69, 9.17) is 4.74 Å². The molecule has 3 aromatic rings. The van der Waals surface area contributed by atoms with Gasteiger partial charge in [0.2, 0.25) is 0 Å². The van der Waals surface area contributed by atoms with Crippen molar-refractivity contribution in [2.45, 2.75) is 13.5 Å². The Bertz CT molecular complexity index is 1470. The van der Waals surface area contributed by atoms with E-state index < -0.39 is 38.3 Å². The van der Waals surface area contributed by atoms with E-state index in [9.17, 15) is 34.6 Å². The Morgan fingerprint density at radius 2 is 1.65 bits per heavy atom. The Morgan fingerprint density at radius 3 is 2.30 bits per heavy atom. The van der Waals surface area contributed by atoms with Gasteiger partial charge in [-0.05, 0) is 48.0 Å². The van der Waals surface area contributed by atoms with Gasteiger partial charge in [-0.25, -0.2) is 4.79 Å². The molecular weight excluding hydrogens is 502 g/mol.